The number of aromatic nitrogens is 1. The van der Waals surface area contributed by atoms with E-state index in [0.717, 1.165) is 25.0 Å². The van der Waals surface area contributed by atoms with Gasteiger partial charge in [0.2, 0.25) is 5.89 Å². The Kier molecular flexibility index (Phi) is 5.29. The van der Waals surface area contributed by atoms with Gasteiger partial charge in [-0.3, -0.25) is 0 Å². The van der Waals surface area contributed by atoms with Crippen LogP contribution in [-0.4, -0.2) is 19.4 Å². The molecule has 1 aromatic heterocycles. The lowest BCUT2D eigenvalue weighted by Gasteiger charge is -2.06. The molecule has 0 aliphatic carbocycles. The molecule has 3 nitrogen and oxygen atoms in total. The first-order chi connectivity index (χ1) is 10.4. The van der Waals surface area contributed by atoms with Crippen LogP contribution in [0.5, 0.6) is 0 Å². The highest BCUT2D eigenvalue weighted by Gasteiger charge is 2.30. The molecule has 22 heavy (non-hydrogen) atoms. The summed E-state index contributed by atoms with van der Waals surface area (Å²) in [5.41, 5.74) is 0.132. The van der Waals surface area contributed by atoms with Gasteiger partial charge < -0.3 is 9.15 Å². The van der Waals surface area contributed by atoms with Crippen LogP contribution >= 0.6 is 0 Å². The van der Waals surface area contributed by atoms with Gasteiger partial charge in [-0.2, -0.15) is 13.2 Å². The van der Waals surface area contributed by atoms with Gasteiger partial charge in [0, 0.05) is 12.2 Å². The zero-order valence-corrected chi connectivity index (χ0v) is 12.1. The van der Waals surface area contributed by atoms with Gasteiger partial charge in [0.1, 0.15) is 12.3 Å². The smallest absolute Gasteiger partial charge is 0.416 e. The predicted octanol–water partition coefficient (Wildman–Crippen LogP) is 3.47. The van der Waals surface area contributed by atoms with Crippen molar-refractivity contribution in [1.29, 1.82) is 0 Å². The lowest BCUT2D eigenvalue weighted by Crippen LogP contribution is -2.05. The van der Waals surface area contributed by atoms with Crippen molar-refractivity contribution in [1.82, 2.24) is 4.98 Å². The van der Waals surface area contributed by atoms with Gasteiger partial charge in [-0.1, -0.05) is 25.5 Å². The van der Waals surface area contributed by atoms with Crippen LogP contribution in [-0.2, 0) is 17.5 Å². The Morgan fingerprint density at radius 1 is 1.23 bits per heavy atom. The van der Waals surface area contributed by atoms with Crippen molar-refractivity contribution in [3.05, 3.63) is 35.7 Å². The fourth-order valence-corrected chi connectivity index (χ4v) is 1.87. The number of halogens is 3. The number of unbranched alkanes of at least 4 members (excludes halogenated alkanes) is 1. The van der Waals surface area contributed by atoms with Crippen LogP contribution in [0, 0.1) is 0 Å². The standard InChI is InChI=1S/C15H15BF3NO2/c1-2-3-8-21-9-12-20-13(14(16)22-12)10-4-6-11(7-5-10)15(17,18)19/h4-7H,2-3,8-9H2,1H3. The van der Waals surface area contributed by atoms with E-state index < -0.39 is 11.7 Å². The molecule has 0 spiro atoms. The molecule has 0 N–H and O–H groups in total. The van der Waals surface area contributed by atoms with Crippen molar-refractivity contribution in [2.24, 2.45) is 0 Å². The lowest BCUT2D eigenvalue weighted by molar-refractivity contribution is -0.137. The predicted molar refractivity (Wildman–Crippen MR) is 76.9 cm³/mol. The first kappa shape index (κ1) is 16.6. The van der Waals surface area contributed by atoms with Gasteiger partial charge in [-0.25, -0.2) is 4.98 Å². The molecule has 0 atom stereocenters. The van der Waals surface area contributed by atoms with Crippen molar-refractivity contribution in [3.63, 3.8) is 0 Å². The van der Waals surface area contributed by atoms with E-state index in [2.05, 4.69) is 11.9 Å². The molecule has 0 saturated heterocycles. The van der Waals surface area contributed by atoms with E-state index in [4.69, 9.17) is 17.0 Å². The van der Waals surface area contributed by atoms with Crippen molar-refractivity contribution in [2.45, 2.75) is 32.5 Å². The summed E-state index contributed by atoms with van der Waals surface area (Å²) in [6.07, 6.45) is -2.42. The van der Waals surface area contributed by atoms with Gasteiger partial charge in [0.05, 0.1) is 11.2 Å². The highest BCUT2D eigenvalue weighted by Crippen LogP contribution is 2.30. The van der Waals surface area contributed by atoms with Gasteiger partial charge in [-0.05, 0) is 18.6 Å². The van der Waals surface area contributed by atoms with E-state index in [9.17, 15) is 13.2 Å². The molecule has 0 aliphatic rings. The topological polar surface area (TPSA) is 35.3 Å². The third-order valence-corrected chi connectivity index (χ3v) is 3.05. The number of alkyl halides is 3. The molecule has 116 valence electrons. The first-order valence-corrected chi connectivity index (χ1v) is 6.92. The highest BCUT2D eigenvalue weighted by atomic mass is 19.4. The van der Waals surface area contributed by atoms with Gasteiger partial charge in [0.25, 0.3) is 0 Å². The Bertz CT molecular complexity index is 608. The van der Waals surface area contributed by atoms with Crippen molar-refractivity contribution >= 4 is 13.5 Å². The van der Waals surface area contributed by atoms with E-state index in [0.29, 0.717) is 23.8 Å². The Hall–Kier alpha value is -1.76. The zero-order chi connectivity index (χ0) is 16.2. The number of hydrogen-bond donors (Lipinski definition) is 0. The third kappa shape index (κ3) is 4.13. The molecule has 7 heteroatoms. The molecule has 0 unspecified atom stereocenters. The summed E-state index contributed by atoms with van der Waals surface area (Å²) < 4.78 is 48.2. The minimum Gasteiger partial charge on any atom is -0.454 e. The van der Waals surface area contributed by atoms with Crippen molar-refractivity contribution in [3.8, 4) is 11.3 Å². The van der Waals surface area contributed by atoms with Gasteiger partial charge >= 0.3 is 6.18 Å². The molecule has 0 bridgehead atoms. The van der Waals surface area contributed by atoms with E-state index in [1.807, 2.05) is 0 Å². The molecule has 2 rings (SSSR count). The summed E-state index contributed by atoms with van der Waals surface area (Å²) in [5.74, 6) is 0.309. The molecule has 1 aromatic carbocycles. The Morgan fingerprint density at radius 3 is 2.50 bits per heavy atom. The SMILES string of the molecule is [B]c1oc(COCCCC)nc1-c1ccc(C(F)(F)F)cc1. The fraction of sp³-hybridized carbons (Fsp3) is 0.400. The fourth-order valence-electron chi connectivity index (χ4n) is 1.87. The molecule has 1 heterocycles. The van der Waals surface area contributed by atoms with Crippen molar-refractivity contribution < 1.29 is 22.3 Å². The minimum absolute atomic E-state index is 0.0638. The number of nitrogens with zero attached hydrogens (tertiary/aromatic N) is 1. The van der Waals surface area contributed by atoms with E-state index >= 15 is 0 Å². The molecule has 2 aromatic rings. The maximum atomic E-state index is 12.5. The number of hydrogen-bond acceptors (Lipinski definition) is 3. The van der Waals surface area contributed by atoms with E-state index in [-0.39, 0.29) is 12.3 Å². The maximum Gasteiger partial charge on any atom is 0.416 e. The summed E-state index contributed by atoms with van der Waals surface area (Å²) in [4.78, 5) is 4.17. The summed E-state index contributed by atoms with van der Waals surface area (Å²) in [5, 5.41) is 0. The molecule has 0 amide bonds. The second kappa shape index (κ2) is 7.00. The Labute approximate surface area is 127 Å². The van der Waals surface area contributed by atoms with Crippen LogP contribution in [0.2, 0.25) is 0 Å². The molecule has 0 fully saturated rings. The number of ether oxygens (including phenoxy) is 1. The number of rotatable bonds is 6. The molecule has 0 saturated carbocycles. The second-order valence-corrected chi connectivity index (χ2v) is 4.80. The summed E-state index contributed by atoms with van der Waals surface area (Å²) in [6, 6.07) is 4.61. The van der Waals surface area contributed by atoms with Crippen molar-refractivity contribution in [2.75, 3.05) is 6.61 Å². The molecule has 0 aliphatic heterocycles. The minimum atomic E-state index is -4.37. The lowest BCUT2D eigenvalue weighted by atomic mass is 9.99. The third-order valence-electron chi connectivity index (χ3n) is 3.05. The molecule has 2 radical (unpaired) electrons. The second-order valence-electron chi connectivity index (χ2n) is 4.80. The molecular weight excluding hydrogens is 294 g/mol. The van der Waals surface area contributed by atoms with E-state index in [1.165, 1.54) is 12.1 Å². The van der Waals surface area contributed by atoms with E-state index in [1.54, 1.807) is 0 Å². The summed E-state index contributed by atoms with van der Waals surface area (Å²) in [7, 11) is 5.72. The van der Waals surface area contributed by atoms with Crippen LogP contribution in [0.1, 0.15) is 31.2 Å². The number of benzene rings is 1. The van der Waals surface area contributed by atoms with Crippen LogP contribution in [0.4, 0.5) is 13.2 Å². The van der Waals surface area contributed by atoms with Crippen LogP contribution < -0.4 is 5.66 Å². The normalized spacial score (nSPS) is 11.8. The Balaban J connectivity index is 2.10. The monoisotopic (exact) mass is 309 g/mol. The quantitative estimate of drug-likeness (QED) is 0.605. The maximum absolute atomic E-state index is 12.5. The van der Waals surface area contributed by atoms with Gasteiger partial charge in [-0.15, -0.1) is 0 Å². The highest BCUT2D eigenvalue weighted by molar-refractivity contribution is 6.33. The average Bonchev–Trinajstić information content (AvgIpc) is 2.84. The number of oxazole rings is 1. The van der Waals surface area contributed by atoms with Crippen LogP contribution in [0.3, 0.4) is 0 Å². The summed E-state index contributed by atoms with van der Waals surface area (Å²) >= 11 is 0. The summed E-state index contributed by atoms with van der Waals surface area (Å²) in [6.45, 7) is 2.83. The van der Waals surface area contributed by atoms with Crippen LogP contribution in [0.15, 0.2) is 28.7 Å². The van der Waals surface area contributed by atoms with Crippen LogP contribution in [0.25, 0.3) is 11.3 Å². The average molecular weight is 309 g/mol. The van der Waals surface area contributed by atoms with Gasteiger partial charge in [0.15, 0.2) is 7.85 Å². The molecular formula is C15H15BF3NO2. The Morgan fingerprint density at radius 2 is 1.91 bits per heavy atom. The zero-order valence-electron chi connectivity index (χ0n) is 12.1. The first-order valence-electron chi connectivity index (χ1n) is 6.92. The largest absolute Gasteiger partial charge is 0.454 e.